The second kappa shape index (κ2) is 9.68. The van der Waals surface area contributed by atoms with Crippen molar-refractivity contribution < 1.29 is 19.0 Å². The number of fused-ring (bicyclic) bond motifs is 1. The standard InChI is InChI=1S/C24H31NO4/c1-5-27-22-14-19-9-11-25(16-20(19)15-23(22)28-6-2)24(26)10-12-29-21-13-17(3)7-8-18(21)4/h7-8,13-15H,5-6,9-12,16H2,1-4H3. The van der Waals surface area contributed by atoms with E-state index in [-0.39, 0.29) is 5.91 Å². The van der Waals surface area contributed by atoms with Crippen molar-refractivity contribution in [3.8, 4) is 17.2 Å². The van der Waals surface area contributed by atoms with Gasteiger partial charge < -0.3 is 19.1 Å². The first kappa shape index (κ1) is 21.0. The second-order valence-corrected chi connectivity index (χ2v) is 7.37. The number of amides is 1. The number of hydrogen-bond donors (Lipinski definition) is 0. The largest absolute Gasteiger partial charge is 0.493 e. The molecule has 5 heteroatoms. The molecule has 0 spiro atoms. The van der Waals surface area contributed by atoms with Crippen molar-refractivity contribution in [2.75, 3.05) is 26.4 Å². The van der Waals surface area contributed by atoms with Gasteiger partial charge in [-0.05, 0) is 74.6 Å². The maximum absolute atomic E-state index is 12.7. The Morgan fingerprint density at radius 3 is 2.31 bits per heavy atom. The van der Waals surface area contributed by atoms with Crippen LogP contribution in [0.25, 0.3) is 0 Å². The van der Waals surface area contributed by atoms with E-state index in [0.717, 1.165) is 46.9 Å². The highest BCUT2D eigenvalue weighted by molar-refractivity contribution is 5.76. The van der Waals surface area contributed by atoms with Crippen LogP contribution in [-0.2, 0) is 17.8 Å². The van der Waals surface area contributed by atoms with Gasteiger partial charge in [0.05, 0.1) is 26.2 Å². The zero-order valence-corrected chi connectivity index (χ0v) is 17.9. The molecule has 0 bridgehead atoms. The van der Waals surface area contributed by atoms with E-state index in [1.807, 2.05) is 50.8 Å². The van der Waals surface area contributed by atoms with Crippen molar-refractivity contribution >= 4 is 5.91 Å². The van der Waals surface area contributed by atoms with Crippen LogP contribution in [0, 0.1) is 13.8 Å². The molecule has 0 unspecified atom stereocenters. The number of aryl methyl sites for hydroxylation is 2. The third-order valence-electron chi connectivity index (χ3n) is 5.15. The lowest BCUT2D eigenvalue weighted by molar-refractivity contribution is -0.132. The average molecular weight is 398 g/mol. The molecule has 1 aliphatic heterocycles. The molecule has 0 aliphatic carbocycles. The fourth-order valence-corrected chi connectivity index (χ4v) is 3.58. The molecule has 0 saturated carbocycles. The summed E-state index contributed by atoms with van der Waals surface area (Å²) in [4.78, 5) is 14.6. The van der Waals surface area contributed by atoms with Gasteiger partial charge in [0.2, 0.25) is 5.91 Å². The number of nitrogens with zero attached hydrogens (tertiary/aromatic N) is 1. The van der Waals surface area contributed by atoms with Crippen molar-refractivity contribution in [3.05, 3.63) is 52.6 Å². The highest BCUT2D eigenvalue weighted by Gasteiger charge is 2.23. The Hall–Kier alpha value is -2.69. The molecule has 156 valence electrons. The smallest absolute Gasteiger partial charge is 0.226 e. The summed E-state index contributed by atoms with van der Waals surface area (Å²) in [6.07, 6.45) is 1.20. The van der Waals surface area contributed by atoms with Crippen molar-refractivity contribution in [2.45, 2.75) is 47.1 Å². The predicted octanol–water partition coefficient (Wildman–Crippen LogP) is 4.45. The van der Waals surface area contributed by atoms with Gasteiger partial charge in [0.1, 0.15) is 5.75 Å². The number of rotatable bonds is 8. The van der Waals surface area contributed by atoms with Crippen LogP contribution in [0.2, 0.25) is 0 Å². The Bertz CT molecular complexity index is 862. The minimum atomic E-state index is 0.118. The molecule has 0 fully saturated rings. The molecule has 5 nitrogen and oxygen atoms in total. The SMILES string of the molecule is CCOc1cc2c(cc1OCC)CN(C(=O)CCOc1cc(C)ccc1C)CC2. The third kappa shape index (κ3) is 5.22. The Kier molecular flexibility index (Phi) is 7.02. The van der Waals surface area contributed by atoms with Crippen LogP contribution in [0.5, 0.6) is 17.2 Å². The van der Waals surface area contributed by atoms with Gasteiger partial charge in [-0.2, -0.15) is 0 Å². The first-order chi connectivity index (χ1) is 14.0. The van der Waals surface area contributed by atoms with E-state index in [4.69, 9.17) is 14.2 Å². The lowest BCUT2D eigenvalue weighted by atomic mass is 9.98. The van der Waals surface area contributed by atoms with Crippen molar-refractivity contribution in [3.63, 3.8) is 0 Å². The van der Waals surface area contributed by atoms with Crippen LogP contribution in [-0.4, -0.2) is 37.2 Å². The maximum atomic E-state index is 12.7. The van der Waals surface area contributed by atoms with E-state index < -0.39 is 0 Å². The highest BCUT2D eigenvalue weighted by Crippen LogP contribution is 2.34. The third-order valence-corrected chi connectivity index (χ3v) is 5.15. The minimum Gasteiger partial charge on any atom is -0.493 e. The van der Waals surface area contributed by atoms with Crippen LogP contribution in [0.15, 0.2) is 30.3 Å². The van der Waals surface area contributed by atoms with Crippen LogP contribution in [0.1, 0.15) is 42.5 Å². The summed E-state index contributed by atoms with van der Waals surface area (Å²) in [6, 6.07) is 10.2. The van der Waals surface area contributed by atoms with Crippen molar-refractivity contribution in [2.24, 2.45) is 0 Å². The number of ether oxygens (including phenoxy) is 3. The Balaban J connectivity index is 1.61. The van der Waals surface area contributed by atoms with Gasteiger partial charge in [-0.15, -0.1) is 0 Å². The second-order valence-electron chi connectivity index (χ2n) is 7.37. The molecule has 2 aromatic rings. The monoisotopic (exact) mass is 397 g/mol. The van der Waals surface area contributed by atoms with Crippen LogP contribution in [0.4, 0.5) is 0 Å². The molecule has 1 heterocycles. The maximum Gasteiger partial charge on any atom is 0.226 e. The molecular formula is C24H31NO4. The Labute approximate surface area is 173 Å². The first-order valence-electron chi connectivity index (χ1n) is 10.4. The van der Waals surface area contributed by atoms with Gasteiger partial charge in [0, 0.05) is 13.1 Å². The lowest BCUT2D eigenvalue weighted by Crippen LogP contribution is -2.36. The van der Waals surface area contributed by atoms with Gasteiger partial charge in [-0.3, -0.25) is 4.79 Å². The van der Waals surface area contributed by atoms with Crippen LogP contribution in [0.3, 0.4) is 0 Å². The van der Waals surface area contributed by atoms with Crippen molar-refractivity contribution in [1.29, 1.82) is 0 Å². The number of benzene rings is 2. The van der Waals surface area contributed by atoms with Crippen LogP contribution < -0.4 is 14.2 Å². The normalized spacial score (nSPS) is 13.0. The van der Waals surface area contributed by atoms with Crippen molar-refractivity contribution in [1.82, 2.24) is 4.90 Å². The number of carbonyl (C=O) groups is 1. The highest BCUT2D eigenvalue weighted by atomic mass is 16.5. The average Bonchev–Trinajstić information content (AvgIpc) is 2.71. The van der Waals surface area contributed by atoms with Gasteiger partial charge in [-0.1, -0.05) is 12.1 Å². The summed E-state index contributed by atoms with van der Waals surface area (Å²) in [5.41, 5.74) is 4.60. The Morgan fingerprint density at radius 2 is 1.62 bits per heavy atom. The van der Waals surface area contributed by atoms with E-state index >= 15 is 0 Å². The summed E-state index contributed by atoms with van der Waals surface area (Å²) in [5, 5.41) is 0. The van der Waals surface area contributed by atoms with E-state index in [1.165, 1.54) is 5.56 Å². The predicted molar refractivity (Wildman–Crippen MR) is 114 cm³/mol. The summed E-state index contributed by atoms with van der Waals surface area (Å²) in [6.45, 7) is 10.9. The molecule has 0 atom stereocenters. The van der Waals surface area contributed by atoms with Gasteiger partial charge >= 0.3 is 0 Å². The molecule has 3 rings (SSSR count). The van der Waals surface area contributed by atoms with E-state index in [1.54, 1.807) is 0 Å². The summed E-state index contributed by atoms with van der Waals surface area (Å²) < 4.78 is 17.3. The summed E-state index contributed by atoms with van der Waals surface area (Å²) in [5.74, 6) is 2.51. The minimum absolute atomic E-state index is 0.118. The molecule has 0 N–H and O–H groups in total. The van der Waals surface area contributed by atoms with E-state index in [2.05, 4.69) is 12.1 Å². The van der Waals surface area contributed by atoms with E-state index in [0.29, 0.717) is 32.8 Å². The molecule has 0 radical (unpaired) electrons. The molecular weight excluding hydrogens is 366 g/mol. The molecule has 0 saturated heterocycles. The molecule has 1 aliphatic rings. The first-order valence-corrected chi connectivity index (χ1v) is 10.4. The number of carbonyl (C=O) groups excluding carboxylic acids is 1. The fraction of sp³-hybridized carbons (Fsp3) is 0.458. The molecule has 1 amide bonds. The summed E-state index contributed by atoms with van der Waals surface area (Å²) >= 11 is 0. The lowest BCUT2D eigenvalue weighted by Gasteiger charge is -2.30. The summed E-state index contributed by atoms with van der Waals surface area (Å²) in [7, 11) is 0. The van der Waals surface area contributed by atoms with Gasteiger partial charge in [0.15, 0.2) is 11.5 Å². The topological polar surface area (TPSA) is 48.0 Å². The zero-order chi connectivity index (χ0) is 20.8. The van der Waals surface area contributed by atoms with Crippen LogP contribution >= 0.6 is 0 Å². The fourth-order valence-electron chi connectivity index (χ4n) is 3.58. The molecule has 0 aromatic heterocycles. The van der Waals surface area contributed by atoms with Gasteiger partial charge in [-0.25, -0.2) is 0 Å². The Morgan fingerprint density at radius 1 is 0.931 bits per heavy atom. The number of hydrogen-bond acceptors (Lipinski definition) is 4. The zero-order valence-electron chi connectivity index (χ0n) is 17.9. The molecule has 2 aromatic carbocycles. The molecule has 29 heavy (non-hydrogen) atoms. The van der Waals surface area contributed by atoms with E-state index in [9.17, 15) is 4.79 Å². The quantitative estimate of drug-likeness (QED) is 0.660. The van der Waals surface area contributed by atoms with Gasteiger partial charge in [0.25, 0.3) is 0 Å².